The lowest BCUT2D eigenvalue weighted by atomic mass is 10.2. The molecule has 18 heavy (non-hydrogen) atoms. The Morgan fingerprint density at radius 1 is 1.56 bits per heavy atom. The molecule has 5 nitrogen and oxygen atoms in total. The monoisotopic (exact) mass is 282 g/mol. The maximum atomic E-state index is 12.1. The molecule has 9 heteroatoms. The number of aliphatic carboxylic acids is 1. The Morgan fingerprint density at radius 2 is 2.17 bits per heavy atom. The highest BCUT2D eigenvalue weighted by Crippen LogP contribution is 2.22. The van der Waals surface area contributed by atoms with E-state index in [2.05, 4.69) is 4.98 Å². The largest absolute Gasteiger partial charge is 0.480 e. The van der Waals surface area contributed by atoms with E-state index in [1.54, 1.807) is 6.92 Å². The number of carbonyl (C=O) groups excluding carboxylic acids is 1. The normalized spacial score (nSPS) is 13.1. The molecule has 0 radical (unpaired) electrons. The van der Waals surface area contributed by atoms with E-state index in [-0.39, 0.29) is 4.88 Å². The number of hydrogen-bond acceptors (Lipinski definition) is 4. The first-order valence-electron chi connectivity index (χ1n) is 4.72. The van der Waals surface area contributed by atoms with E-state index >= 15 is 0 Å². The molecule has 1 aromatic rings. The summed E-state index contributed by atoms with van der Waals surface area (Å²) >= 11 is 0.970. The summed E-state index contributed by atoms with van der Waals surface area (Å²) in [6.07, 6.45) is -5.10. The molecule has 0 aromatic carbocycles. The average molecular weight is 282 g/mol. The standard InChI is InChI=1S/C9H9F3N2O3S/c1-4-13-3-6(18-4)7(15)14-5(8(16)17)2-9(10,11)12/h3,5H,2H2,1H3,(H,14,15)(H,16,17). The number of nitrogens with one attached hydrogen (secondary N) is 1. The van der Waals surface area contributed by atoms with E-state index in [1.807, 2.05) is 5.32 Å². The number of carbonyl (C=O) groups is 2. The van der Waals surface area contributed by atoms with Crippen LogP contribution in [-0.4, -0.2) is 34.2 Å². The van der Waals surface area contributed by atoms with Gasteiger partial charge in [0.2, 0.25) is 0 Å². The number of carboxylic acids is 1. The minimum Gasteiger partial charge on any atom is -0.480 e. The third-order valence-corrected chi connectivity index (χ3v) is 2.80. The minimum absolute atomic E-state index is 0.0703. The van der Waals surface area contributed by atoms with E-state index in [1.165, 1.54) is 6.20 Å². The molecule has 1 heterocycles. The van der Waals surface area contributed by atoms with Gasteiger partial charge in [-0.05, 0) is 6.92 Å². The van der Waals surface area contributed by atoms with Gasteiger partial charge in [-0.2, -0.15) is 13.2 Å². The predicted octanol–water partition coefficient (Wildman–Crippen LogP) is 1.59. The number of aryl methyl sites for hydroxylation is 1. The highest BCUT2D eigenvalue weighted by atomic mass is 32.1. The number of halogens is 3. The molecule has 1 rings (SSSR count). The first kappa shape index (κ1) is 14.4. The summed E-state index contributed by atoms with van der Waals surface area (Å²) in [5.41, 5.74) is 0. The summed E-state index contributed by atoms with van der Waals surface area (Å²) in [6, 6.07) is -2.00. The van der Waals surface area contributed by atoms with Crippen LogP contribution in [0.25, 0.3) is 0 Å². The zero-order chi connectivity index (χ0) is 13.9. The molecule has 0 saturated carbocycles. The van der Waals surface area contributed by atoms with Crippen molar-refractivity contribution in [2.24, 2.45) is 0 Å². The van der Waals surface area contributed by atoms with E-state index in [0.717, 1.165) is 11.3 Å². The summed E-state index contributed by atoms with van der Waals surface area (Å²) in [7, 11) is 0. The van der Waals surface area contributed by atoms with Gasteiger partial charge in [-0.25, -0.2) is 9.78 Å². The molecule has 0 aliphatic carbocycles. The Hall–Kier alpha value is -1.64. The lowest BCUT2D eigenvalue weighted by Gasteiger charge is -2.15. The molecular weight excluding hydrogens is 273 g/mol. The van der Waals surface area contributed by atoms with Gasteiger partial charge in [0, 0.05) is 0 Å². The molecule has 0 aliphatic heterocycles. The Labute approximate surface area is 104 Å². The van der Waals surface area contributed by atoms with Crippen molar-refractivity contribution < 1.29 is 27.9 Å². The molecule has 0 saturated heterocycles. The summed E-state index contributed by atoms with van der Waals surface area (Å²) in [4.78, 5) is 25.9. The Kier molecular flexibility index (Phi) is 4.28. The van der Waals surface area contributed by atoms with Crippen LogP contribution in [0.1, 0.15) is 21.1 Å². The van der Waals surface area contributed by atoms with Gasteiger partial charge in [0.05, 0.1) is 17.6 Å². The number of alkyl halides is 3. The molecule has 2 N–H and O–H groups in total. The van der Waals surface area contributed by atoms with E-state index in [4.69, 9.17) is 5.11 Å². The number of hydrogen-bond donors (Lipinski definition) is 2. The van der Waals surface area contributed by atoms with Crippen LogP contribution < -0.4 is 5.32 Å². The van der Waals surface area contributed by atoms with Crippen molar-refractivity contribution in [1.82, 2.24) is 10.3 Å². The fourth-order valence-electron chi connectivity index (χ4n) is 1.13. The topological polar surface area (TPSA) is 79.3 Å². The fraction of sp³-hybridized carbons (Fsp3) is 0.444. The van der Waals surface area contributed by atoms with Crippen LogP contribution in [0.15, 0.2) is 6.20 Å². The summed E-state index contributed by atoms with van der Waals surface area (Å²) < 4.78 is 36.3. The molecule has 0 aliphatic rings. The predicted molar refractivity (Wildman–Crippen MR) is 56.4 cm³/mol. The summed E-state index contributed by atoms with van der Waals surface area (Å²) in [5, 5.41) is 11.0. The first-order chi connectivity index (χ1) is 8.19. The number of nitrogens with zero attached hydrogens (tertiary/aromatic N) is 1. The average Bonchev–Trinajstić information content (AvgIpc) is 2.61. The van der Waals surface area contributed by atoms with Gasteiger partial charge >= 0.3 is 12.1 Å². The lowest BCUT2D eigenvalue weighted by molar-refractivity contribution is -0.157. The zero-order valence-corrected chi connectivity index (χ0v) is 9.93. The van der Waals surface area contributed by atoms with Crippen molar-refractivity contribution in [2.45, 2.75) is 25.6 Å². The van der Waals surface area contributed by atoms with Crippen molar-refractivity contribution in [1.29, 1.82) is 0 Å². The van der Waals surface area contributed by atoms with Crippen molar-refractivity contribution in [3.05, 3.63) is 16.1 Å². The SMILES string of the molecule is Cc1ncc(C(=O)NC(CC(F)(F)F)C(=O)O)s1. The third-order valence-electron chi connectivity index (χ3n) is 1.88. The van der Waals surface area contributed by atoms with Crippen molar-refractivity contribution in [3.63, 3.8) is 0 Å². The van der Waals surface area contributed by atoms with Crippen LogP contribution in [0, 0.1) is 6.92 Å². The summed E-state index contributed by atoms with van der Waals surface area (Å²) in [5.74, 6) is -2.61. The Bertz CT molecular complexity index is 458. The summed E-state index contributed by atoms with van der Waals surface area (Å²) in [6.45, 7) is 1.62. The van der Waals surface area contributed by atoms with Gasteiger partial charge in [-0.3, -0.25) is 4.79 Å². The molecule has 100 valence electrons. The Morgan fingerprint density at radius 3 is 2.56 bits per heavy atom. The van der Waals surface area contributed by atoms with E-state index < -0.39 is 30.5 Å². The minimum atomic E-state index is -4.67. The van der Waals surface area contributed by atoms with Crippen molar-refractivity contribution in [2.75, 3.05) is 0 Å². The highest BCUT2D eigenvalue weighted by Gasteiger charge is 2.36. The van der Waals surface area contributed by atoms with Crippen LogP contribution in [-0.2, 0) is 4.79 Å². The third kappa shape index (κ3) is 4.32. The van der Waals surface area contributed by atoms with Crippen LogP contribution in [0.2, 0.25) is 0 Å². The van der Waals surface area contributed by atoms with E-state index in [0.29, 0.717) is 5.01 Å². The van der Waals surface area contributed by atoms with E-state index in [9.17, 15) is 22.8 Å². The quantitative estimate of drug-likeness (QED) is 0.879. The maximum Gasteiger partial charge on any atom is 0.391 e. The van der Waals surface area contributed by atoms with Crippen molar-refractivity contribution >= 4 is 23.2 Å². The van der Waals surface area contributed by atoms with Crippen LogP contribution >= 0.6 is 11.3 Å². The lowest BCUT2D eigenvalue weighted by Crippen LogP contribution is -2.43. The number of rotatable bonds is 4. The molecule has 0 spiro atoms. The fourth-order valence-corrected chi connectivity index (χ4v) is 1.81. The second kappa shape index (κ2) is 5.34. The van der Waals surface area contributed by atoms with Gasteiger partial charge in [0.1, 0.15) is 10.9 Å². The smallest absolute Gasteiger partial charge is 0.391 e. The molecule has 1 aromatic heterocycles. The number of thiazole rings is 1. The number of carboxylic acid groups (broad SMARTS) is 1. The first-order valence-corrected chi connectivity index (χ1v) is 5.53. The molecular formula is C9H9F3N2O3S. The van der Waals surface area contributed by atoms with Crippen LogP contribution in [0.5, 0.6) is 0 Å². The van der Waals surface area contributed by atoms with Gasteiger partial charge in [-0.1, -0.05) is 0 Å². The number of aromatic nitrogens is 1. The second-order valence-electron chi connectivity index (χ2n) is 3.43. The maximum absolute atomic E-state index is 12.1. The number of amides is 1. The molecule has 1 atom stereocenters. The van der Waals surface area contributed by atoms with Gasteiger partial charge in [-0.15, -0.1) is 11.3 Å². The Balaban J connectivity index is 2.73. The highest BCUT2D eigenvalue weighted by molar-refractivity contribution is 7.13. The zero-order valence-electron chi connectivity index (χ0n) is 9.11. The van der Waals surface area contributed by atoms with Gasteiger partial charge in [0.25, 0.3) is 5.91 Å². The second-order valence-corrected chi connectivity index (χ2v) is 4.66. The molecule has 0 fully saturated rings. The van der Waals surface area contributed by atoms with Gasteiger partial charge in [0.15, 0.2) is 0 Å². The molecule has 0 bridgehead atoms. The van der Waals surface area contributed by atoms with Crippen molar-refractivity contribution in [3.8, 4) is 0 Å². The molecule has 1 unspecified atom stereocenters. The van der Waals surface area contributed by atoms with Crippen LogP contribution in [0.4, 0.5) is 13.2 Å². The van der Waals surface area contributed by atoms with Gasteiger partial charge < -0.3 is 10.4 Å². The van der Waals surface area contributed by atoms with Crippen LogP contribution in [0.3, 0.4) is 0 Å². The molecule has 1 amide bonds.